The summed E-state index contributed by atoms with van der Waals surface area (Å²) in [6, 6.07) is 2.54. The van der Waals surface area contributed by atoms with Crippen LogP contribution in [0.4, 0.5) is 0 Å². The van der Waals surface area contributed by atoms with Crippen LogP contribution in [-0.2, 0) is 0 Å². The predicted octanol–water partition coefficient (Wildman–Crippen LogP) is 3.86. The lowest BCUT2D eigenvalue weighted by molar-refractivity contribution is 0.136. The number of nitrogens with zero attached hydrogens (tertiary/aromatic N) is 3. The van der Waals surface area contributed by atoms with Gasteiger partial charge in [0.2, 0.25) is 0 Å². The average molecular weight is 310 g/mol. The van der Waals surface area contributed by atoms with Crippen molar-refractivity contribution >= 4 is 22.1 Å². The summed E-state index contributed by atoms with van der Waals surface area (Å²) in [6.45, 7) is 0. The third-order valence-electron chi connectivity index (χ3n) is 5.53. The van der Waals surface area contributed by atoms with Crippen LogP contribution in [0.15, 0.2) is 18.5 Å². The normalized spacial score (nSPS) is 21.3. The van der Waals surface area contributed by atoms with E-state index in [9.17, 15) is 5.11 Å². The van der Waals surface area contributed by atoms with Crippen LogP contribution in [0.1, 0.15) is 62.9 Å². The summed E-state index contributed by atoms with van der Waals surface area (Å²) in [7, 11) is 0. The number of nitrogens with one attached hydrogen (secondary N) is 1. The first-order chi connectivity index (χ1) is 11.3. The molecule has 0 saturated heterocycles. The minimum absolute atomic E-state index is 0.392. The number of fused-ring (bicyclic) bond motifs is 3. The van der Waals surface area contributed by atoms with E-state index in [-0.39, 0.29) is 0 Å². The van der Waals surface area contributed by atoms with Gasteiger partial charge in [-0.1, -0.05) is 19.3 Å². The number of imidazole rings is 1. The standard InChI is InChI=1S/C18H22N4O/c23-16(11-6-7-11)18-21-14-10-20-17-13(8-9-19-17)15(14)22(18)12-4-2-1-3-5-12/h8-12,16,23H,1-7H2,(H,19,20). The predicted molar refractivity (Wildman–Crippen MR) is 89.2 cm³/mol. The quantitative estimate of drug-likeness (QED) is 0.772. The lowest BCUT2D eigenvalue weighted by Crippen LogP contribution is -2.18. The third kappa shape index (κ3) is 2.10. The SMILES string of the molecule is OC(c1nc2cnc3[nH]ccc3c2n1C1CCCCC1)C1CC1. The second-order valence-corrected chi connectivity index (χ2v) is 7.15. The molecule has 5 heteroatoms. The average Bonchev–Trinajstić information content (AvgIpc) is 3.19. The van der Waals surface area contributed by atoms with Crippen LogP contribution < -0.4 is 0 Å². The summed E-state index contributed by atoms with van der Waals surface area (Å²) in [6.07, 6.45) is 11.8. The number of hydrogen-bond acceptors (Lipinski definition) is 3. The lowest BCUT2D eigenvalue weighted by Gasteiger charge is -2.27. The van der Waals surface area contributed by atoms with E-state index in [2.05, 4.69) is 20.6 Å². The first kappa shape index (κ1) is 13.5. The summed E-state index contributed by atoms with van der Waals surface area (Å²) in [5, 5.41) is 11.9. The summed E-state index contributed by atoms with van der Waals surface area (Å²) >= 11 is 0. The first-order valence-electron chi connectivity index (χ1n) is 8.85. The first-order valence-corrected chi connectivity index (χ1v) is 8.85. The molecular formula is C18H22N4O. The second-order valence-electron chi connectivity index (χ2n) is 7.15. The van der Waals surface area contributed by atoms with Gasteiger partial charge in [0.05, 0.1) is 11.7 Å². The van der Waals surface area contributed by atoms with Crippen molar-refractivity contribution in [2.24, 2.45) is 5.92 Å². The molecule has 0 aromatic carbocycles. The highest BCUT2D eigenvalue weighted by molar-refractivity contribution is 6.01. The molecule has 0 aliphatic heterocycles. The summed E-state index contributed by atoms with van der Waals surface area (Å²) in [4.78, 5) is 12.5. The summed E-state index contributed by atoms with van der Waals surface area (Å²) in [5.74, 6) is 1.26. The fourth-order valence-corrected chi connectivity index (χ4v) is 4.15. The Bertz CT molecular complexity index is 855. The Labute approximate surface area is 134 Å². The Hall–Kier alpha value is -1.88. The third-order valence-corrected chi connectivity index (χ3v) is 5.53. The number of aromatic amines is 1. The highest BCUT2D eigenvalue weighted by atomic mass is 16.3. The van der Waals surface area contributed by atoms with E-state index >= 15 is 0 Å². The van der Waals surface area contributed by atoms with Gasteiger partial charge in [0.25, 0.3) is 0 Å². The van der Waals surface area contributed by atoms with Gasteiger partial charge in [-0.2, -0.15) is 0 Å². The van der Waals surface area contributed by atoms with Gasteiger partial charge >= 0.3 is 0 Å². The molecular weight excluding hydrogens is 288 g/mol. The van der Waals surface area contributed by atoms with Gasteiger partial charge in [-0.25, -0.2) is 9.97 Å². The Kier molecular flexibility index (Phi) is 2.98. The summed E-state index contributed by atoms with van der Waals surface area (Å²) in [5.41, 5.74) is 2.97. The molecule has 0 spiro atoms. The van der Waals surface area contributed by atoms with E-state index in [0.29, 0.717) is 12.0 Å². The molecule has 0 bridgehead atoms. The molecule has 5 rings (SSSR count). The number of H-pyrrole nitrogens is 1. The Morgan fingerprint density at radius 3 is 2.78 bits per heavy atom. The summed E-state index contributed by atoms with van der Waals surface area (Å²) < 4.78 is 2.36. The van der Waals surface area contributed by atoms with Crippen molar-refractivity contribution in [3.8, 4) is 0 Å². The van der Waals surface area contributed by atoms with Gasteiger partial charge in [-0.3, -0.25) is 0 Å². The zero-order chi connectivity index (χ0) is 15.4. The minimum Gasteiger partial charge on any atom is -0.385 e. The van der Waals surface area contributed by atoms with Gasteiger partial charge in [0.15, 0.2) is 0 Å². The lowest BCUT2D eigenvalue weighted by atomic mass is 9.94. The van der Waals surface area contributed by atoms with Crippen molar-refractivity contribution in [2.75, 3.05) is 0 Å². The molecule has 3 aromatic heterocycles. The molecule has 1 atom stereocenters. The maximum atomic E-state index is 10.8. The van der Waals surface area contributed by atoms with E-state index in [1.165, 1.54) is 32.1 Å². The topological polar surface area (TPSA) is 66.7 Å². The van der Waals surface area contributed by atoms with Gasteiger partial charge in [0.1, 0.15) is 23.1 Å². The minimum atomic E-state index is -0.432. The molecule has 23 heavy (non-hydrogen) atoms. The van der Waals surface area contributed by atoms with Crippen molar-refractivity contribution in [3.05, 3.63) is 24.3 Å². The molecule has 1 unspecified atom stereocenters. The molecule has 0 amide bonds. The van der Waals surface area contributed by atoms with E-state index in [1.807, 2.05) is 12.4 Å². The Balaban J connectivity index is 1.77. The largest absolute Gasteiger partial charge is 0.385 e. The highest BCUT2D eigenvalue weighted by Gasteiger charge is 2.36. The van der Waals surface area contributed by atoms with Crippen LogP contribution in [0.5, 0.6) is 0 Å². The number of hydrogen-bond donors (Lipinski definition) is 2. The maximum Gasteiger partial charge on any atom is 0.139 e. The molecule has 2 saturated carbocycles. The van der Waals surface area contributed by atoms with Crippen LogP contribution in [0.2, 0.25) is 0 Å². The van der Waals surface area contributed by atoms with Crippen molar-refractivity contribution in [3.63, 3.8) is 0 Å². The number of aliphatic hydroxyl groups is 1. The molecule has 2 aliphatic carbocycles. The number of aliphatic hydroxyl groups excluding tert-OH is 1. The fraction of sp³-hybridized carbons (Fsp3) is 0.556. The molecule has 3 heterocycles. The van der Waals surface area contributed by atoms with Crippen molar-refractivity contribution in [2.45, 2.75) is 57.1 Å². The van der Waals surface area contributed by atoms with Crippen LogP contribution in [-0.4, -0.2) is 24.6 Å². The Morgan fingerprint density at radius 1 is 1.17 bits per heavy atom. The zero-order valence-electron chi connectivity index (χ0n) is 13.2. The van der Waals surface area contributed by atoms with Crippen molar-refractivity contribution in [1.29, 1.82) is 0 Å². The van der Waals surface area contributed by atoms with Gasteiger partial charge in [-0.15, -0.1) is 0 Å². The molecule has 2 N–H and O–H groups in total. The van der Waals surface area contributed by atoms with Gasteiger partial charge in [-0.05, 0) is 37.7 Å². The zero-order valence-corrected chi connectivity index (χ0v) is 13.2. The number of aromatic nitrogens is 4. The number of pyridine rings is 1. The van der Waals surface area contributed by atoms with Crippen LogP contribution in [0.3, 0.4) is 0 Å². The molecule has 2 aliphatic rings. The van der Waals surface area contributed by atoms with Crippen molar-refractivity contribution in [1.82, 2.24) is 19.5 Å². The molecule has 120 valence electrons. The van der Waals surface area contributed by atoms with E-state index in [1.54, 1.807) is 0 Å². The second kappa shape index (κ2) is 5.06. The molecule has 2 fully saturated rings. The van der Waals surface area contributed by atoms with Gasteiger partial charge in [0, 0.05) is 17.6 Å². The van der Waals surface area contributed by atoms with E-state index < -0.39 is 6.10 Å². The highest BCUT2D eigenvalue weighted by Crippen LogP contribution is 2.44. The molecule has 0 radical (unpaired) electrons. The molecule has 5 nitrogen and oxygen atoms in total. The van der Waals surface area contributed by atoms with Crippen LogP contribution in [0.25, 0.3) is 22.1 Å². The smallest absolute Gasteiger partial charge is 0.139 e. The number of rotatable bonds is 3. The van der Waals surface area contributed by atoms with Gasteiger partial charge < -0.3 is 14.7 Å². The van der Waals surface area contributed by atoms with Crippen molar-refractivity contribution < 1.29 is 5.11 Å². The fourth-order valence-electron chi connectivity index (χ4n) is 4.15. The maximum absolute atomic E-state index is 10.8. The van der Waals surface area contributed by atoms with Crippen LogP contribution in [0, 0.1) is 5.92 Å². The van der Waals surface area contributed by atoms with E-state index in [4.69, 9.17) is 4.98 Å². The Morgan fingerprint density at radius 2 is 2.00 bits per heavy atom. The van der Waals surface area contributed by atoms with E-state index in [0.717, 1.165) is 40.7 Å². The molecule has 3 aromatic rings. The van der Waals surface area contributed by atoms with Crippen LogP contribution >= 0.6 is 0 Å². The monoisotopic (exact) mass is 310 g/mol.